The van der Waals surface area contributed by atoms with Gasteiger partial charge in [-0.05, 0) is 38.8 Å². The van der Waals surface area contributed by atoms with Crippen molar-refractivity contribution in [2.45, 2.75) is 203 Å². The molecule has 5 saturated heterocycles. The van der Waals surface area contributed by atoms with E-state index in [1.165, 1.54) is 26.4 Å². The number of ether oxygens (including phenoxy) is 13. The Balaban J connectivity index is 1.20. The smallest absolute Gasteiger partial charge is 0.328 e. The minimum atomic E-state index is -2.76. The molecular formula is C65H95NO22. The van der Waals surface area contributed by atoms with E-state index in [0.717, 1.165) is 11.6 Å². The summed E-state index contributed by atoms with van der Waals surface area (Å²) in [5.41, 5.74) is 0.168. The molecule has 5 fully saturated rings. The molecular weight excluding hydrogens is 1150 g/mol. The third kappa shape index (κ3) is 19.3. The molecule has 7 N–H and O–H groups in total. The number of rotatable bonds is 29. The van der Waals surface area contributed by atoms with Crippen LogP contribution in [0.15, 0.2) is 115 Å². The first kappa shape index (κ1) is 72.2. The first-order valence-corrected chi connectivity index (χ1v) is 30.1. The average Bonchev–Trinajstić information content (AvgIpc) is 0.934. The number of carboxylic acids is 1. The van der Waals surface area contributed by atoms with Gasteiger partial charge in [0.15, 0.2) is 25.0 Å². The predicted octanol–water partition coefficient (Wildman–Crippen LogP) is 4.48. The number of hydrogen-bond donors (Lipinski definition) is 7. The summed E-state index contributed by atoms with van der Waals surface area (Å²) in [6, 6.07) is 8.77. The third-order valence-electron chi connectivity index (χ3n) is 17.0. The Kier molecular flexibility index (Phi) is 28.3. The lowest BCUT2D eigenvalue weighted by Crippen LogP contribution is -2.71. The van der Waals surface area contributed by atoms with Crippen LogP contribution in [0.2, 0.25) is 0 Å². The summed E-state index contributed by atoms with van der Waals surface area (Å²) in [7, 11) is 6.20. The van der Waals surface area contributed by atoms with Crippen LogP contribution in [-0.2, 0) is 82.4 Å². The van der Waals surface area contributed by atoms with Crippen molar-refractivity contribution < 1.29 is 107 Å². The Morgan fingerprint density at radius 3 is 1.98 bits per heavy atom. The maximum Gasteiger partial charge on any atom is 0.328 e. The number of benzene rings is 1. The highest BCUT2D eigenvalue weighted by atomic mass is 16.7. The number of aliphatic carboxylic acids is 1. The van der Waals surface area contributed by atoms with E-state index in [0.29, 0.717) is 18.4 Å². The van der Waals surface area contributed by atoms with E-state index in [9.17, 15) is 39.9 Å². The first-order valence-electron chi connectivity index (χ1n) is 30.1. The van der Waals surface area contributed by atoms with Gasteiger partial charge in [0.05, 0.1) is 80.7 Å². The molecule has 22 atom stereocenters. The zero-order chi connectivity index (χ0) is 64.3. The van der Waals surface area contributed by atoms with E-state index in [1.54, 1.807) is 127 Å². The van der Waals surface area contributed by atoms with E-state index in [-0.39, 0.29) is 44.4 Å². The van der Waals surface area contributed by atoms with Gasteiger partial charge >= 0.3 is 11.9 Å². The Morgan fingerprint density at radius 2 is 1.35 bits per heavy atom. The molecule has 5 aliphatic rings. The van der Waals surface area contributed by atoms with Crippen LogP contribution in [0.25, 0.3) is 0 Å². The number of hydrogen-bond acceptors (Lipinski definition) is 21. The maximum atomic E-state index is 14.9. The summed E-state index contributed by atoms with van der Waals surface area (Å²) in [6.45, 7) is 11.6. The van der Waals surface area contributed by atoms with Crippen molar-refractivity contribution in [3.63, 3.8) is 0 Å². The quantitative estimate of drug-likeness (QED) is 0.0331. The van der Waals surface area contributed by atoms with Crippen LogP contribution in [0.1, 0.15) is 79.7 Å². The lowest BCUT2D eigenvalue weighted by atomic mass is 9.71. The van der Waals surface area contributed by atoms with E-state index in [4.69, 9.17) is 66.7 Å². The molecule has 5 aliphatic heterocycles. The molecule has 0 unspecified atom stereocenters. The van der Waals surface area contributed by atoms with Crippen molar-refractivity contribution in [3.05, 3.63) is 120 Å². The van der Waals surface area contributed by atoms with Gasteiger partial charge in [0.2, 0.25) is 11.7 Å². The fraction of sp³-hybridized carbons (Fsp3) is 0.646. The van der Waals surface area contributed by atoms with Gasteiger partial charge in [-0.1, -0.05) is 124 Å². The molecule has 0 radical (unpaired) electrons. The standard InChI is InChI=1S/C65H95NO22/c1-38(58(79-11)39(2)47-33-45(68)46(84-47)27-18-12-13-20-29-52(69)70)24-21-22-30-66-63(74)44(65(75)62(85-53(71)32-43-25-16-14-17-26-43)61(73)64(6,7)51(88-65)28-19-15-23-31-67)37-80-54-35-49(77-9)59(41(4)82-54)87-56-36-50(78-10)60(42(5)83-56)86-55-34-48(76-8)57(72)40(3)81-55/h12-29,39-42,44-51,54-62,67-68,72-73,75H,30-37H2,1-11H3,(H,66,74)(H,69,70)/b13-12+,22-21+,23-15+,27-18+,28-19+,29-20+,38-24+/t39-,40-,41-,42-,44+,45-,46-,47+,48-,49-,50+,51-,54+,55-,56+,57+,58+,59+,60-,61-,62+,65+/m0/s1. The van der Waals surface area contributed by atoms with Crippen molar-refractivity contribution >= 4 is 17.8 Å². The molecule has 0 saturated carbocycles. The first-order chi connectivity index (χ1) is 42.0. The summed E-state index contributed by atoms with van der Waals surface area (Å²) in [5, 5.41) is 68.0. The van der Waals surface area contributed by atoms with E-state index in [1.807, 2.05) is 26.8 Å². The molecule has 0 aromatic heterocycles. The molecule has 1 aromatic carbocycles. The molecule has 0 aliphatic carbocycles. The summed E-state index contributed by atoms with van der Waals surface area (Å²) in [4.78, 5) is 39.6. The fourth-order valence-electron chi connectivity index (χ4n) is 11.8. The SMILES string of the molecule is CO[C@H]1C[C@H](O[C@H]2[C@H](C)O[C@H](O[C@@H]3[C@H](C)O[C@@H](OC[C@H](C(=O)NC/C=C/C=C(\C)[C@@H](OC)[C@@H](C)[C@H]4C[C@H](O)[C@H](/C=C/C=C/C=C/C(=O)O)O4)[C@@]4(O)O[C@@H](/C=C/C=C/CO)C(C)(C)[C@@H](O)[C@H]4OC(=O)Cc4ccccc4)C[C@@H]3OC)C[C@H]2OC)O[C@@H](C)[C@H]1O. The van der Waals surface area contributed by atoms with Crippen molar-refractivity contribution in [2.24, 2.45) is 17.3 Å². The number of aliphatic hydroxyl groups is 5. The van der Waals surface area contributed by atoms with E-state index < -0.39 is 152 Å². The van der Waals surface area contributed by atoms with Gasteiger partial charge in [-0.15, -0.1) is 0 Å². The largest absolute Gasteiger partial charge is 0.478 e. The predicted molar refractivity (Wildman–Crippen MR) is 320 cm³/mol. The second kappa shape index (κ2) is 34.5. The van der Waals surface area contributed by atoms with Crippen LogP contribution >= 0.6 is 0 Å². The zero-order valence-corrected chi connectivity index (χ0v) is 52.4. The van der Waals surface area contributed by atoms with Crippen molar-refractivity contribution in [1.82, 2.24) is 5.32 Å². The minimum absolute atomic E-state index is 0.0754. The number of nitrogens with one attached hydrogen (secondary N) is 1. The molecule has 23 heteroatoms. The zero-order valence-electron chi connectivity index (χ0n) is 52.4. The molecule has 1 aromatic rings. The van der Waals surface area contributed by atoms with Crippen molar-refractivity contribution in [3.8, 4) is 0 Å². The van der Waals surface area contributed by atoms with Crippen LogP contribution in [-0.4, -0.2) is 219 Å². The van der Waals surface area contributed by atoms with Crippen LogP contribution in [0.4, 0.5) is 0 Å². The summed E-state index contributed by atoms with van der Waals surface area (Å²) in [6.07, 6.45) is 6.42. The van der Waals surface area contributed by atoms with Gasteiger partial charge in [-0.25, -0.2) is 4.79 Å². The number of carbonyl (C=O) groups excluding carboxylic acids is 2. The summed E-state index contributed by atoms with van der Waals surface area (Å²) >= 11 is 0. The molecule has 6 rings (SSSR count). The molecule has 0 spiro atoms. The number of methoxy groups -OCH3 is 4. The highest BCUT2D eigenvalue weighted by Gasteiger charge is 2.63. The minimum Gasteiger partial charge on any atom is -0.478 e. The van der Waals surface area contributed by atoms with Gasteiger partial charge in [-0.3, -0.25) is 9.59 Å². The van der Waals surface area contributed by atoms with Gasteiger partial charge in [0.1, 0.15) is 36.4 Å². The van der Waals surface area contributed by atoms with Gasteiger partial charge < -0.3 is 97.5 Å². The average molecular weight is 1240 g/mol. The molecule has 88 heavy (non-hydrogen) atoms. The van der Waals surface area contributed by atoms with Crippen molar-refractivity contribution in [2.75, 3.05) is 48.2 Å². The monoisotopic (exact) mass is 1240 g/mol. The number of allylic oxidation sites excluding steroid dienone is 8. The molecule has 23 nitrogen and oxygen atoms in total. The molecule has 0 bridgehead atoms. The maximum absolute atomic E-state index is 14.9. The molecule has 5 heterocycles. The third-order valence-corrected chi connectivity index (χ3v) is 17.0. The van der Waals surface area contributed by atoms with Crippen LogP contribution in [0, 0.1) is 17.3 Å². The van der Waals surface area contributed by atoms with Crippen LogP contribution in [0.3, 0.4) is 0 Å². The lowest BCUT2D eigenvalue weighted by molar-refractivity contribution is -0.368. The van der Waals surface area contributed by atoms with Crippen molar-refractivity contribution in [1.29, 1.82) is 0 Å². The van der Waals surface area contributed by atoms with Crippen LogP contribution in [0.5, 0.6) is 0 Å². The van der Waals surface area contributed by atoms with Gasteiger partial charge in [0, 0.05) is 78.1 Å². The van der Waals surface area contributed by atoms with E-state index >= 15 is 0 Å². The van der Waals surface area contributed by atoms with Gasteiger partial charge in [-0.2, -0.15) is 0 Å². The number of aliphatic hydroxyl groups excluding tert-OH is 4. The number of carbonyl (C=O) groups is 3. The van der Waals surface area contributed by atoms with Gasteiger partial charge in [0.25, 0.3) is 0 Å². The second-order valence-electron chi connectivity index (χ2n) is 23.6. The highest BCUT2D eigenvalue weighted by molar-refractivity contribution is 5.81. The Labute approximate surface area is 516 Å². The number of amides is 1. The summed E-state index contributed by atoms with van der Waals surface area (Å²) < 4.78 is 80.4. The van der Waals surface area contributed by atoms with E-state index in [2.05, 4.69) is 5.32 Å². The molecule has 492 valence electrons. The summed E-state index contributed by atoms with van der Waals surface area (Å²) in [5.74, 6) is -7.35. The highest BCUT2D eigenvalue weighted by Crippen LogP contribution is 2.46. The Bertz CT molecular complexity index is 2550. The Hall–Kier alpha value is -4.87. The van der Waals surface area contributed by atoms with Crippen LogP contribution < -0.4 is 5.32 Å². The molecule has 1 amide bonds. The number of carboxylic acid groups (broad SMARTS) is 1. The Morgan fingerprint density at radius 1 is 0.750 bits per heavy atom. The fourth-order valence-corrected chi connectivity index (χ4v) is 11.8. The topological polar surface area (TPSA) is 305 Å². The number of esters is 1. The normalized spacial score (nSPS) is 36.0. The lowest BCUT2D eigenvalue weighted by Gasteiger charge is -2.54. The second-order valence-corrected chi connectivity index (χ2v) is 23.6.